The van der Waals surface area contributed by atoms with Gasteiger partial charge in [0.25, 0.3) is 11.5 Å². The smallest absolute Gasteiger partial charge is 0.274 e. The van der Waals surface area contributed by atoms with Crippen molar-refractivity contribution in [3.63, 3.8) is 0 Å². The highest BCUT2D eigenvalue weighted by Gasteiger charge is 2.30. The van der Waals surface area contributed by atoms with E-state index in [-0.39, 0.29) is 74.3 Å². The van der Waals surface area contributed by atoms with Gasteiger partial charge in [0, 0.05) is 38.5 Å². The fraction of sp³-hybridized carbons (Fsp3) is 0.405. The molecule has 15 nitrogen and oxygen atoms in total. The average Bonchev–Trinajstić information content (AvgIpc) is 3.60. The molecule has 3 atom stereocenters. The van der Waals surface area contributed by atoms with Crippen LogP contribution in [0.2, 0.25) is 0 Å². The number of carbonyl (C=O) groups excluding carboxylic acids is 5. The molecule has 0 saturated carbocycles. The van der Waals surface area contributed by atoms with Gasteiger partial charge in [-0.1, -0.05) is 61.5 Å². The number of aromatic nitrogens is 3. The van der Waals surface area contributed by atoms with Gasteiger partial charge in [0.15, 0.2) is 11.5 Å². The molecular weight excluding hydrogens is 668 g/mol. The van der Waals surface area contributed by atoms with E-state index in [1.54, 1.807) is 24.3 Å². The lowest BCUT2D eigenvalue weighted by atomic mass is 10.0. The van der Waals surface area contributed by atoms with Crippen LogP contribution in [-0.4, -0.2) is 80.4 Å². The average molecular weight is 713 g/mol. The summed E-state index contributed by atoms with van der Waals surface area (Å²) in [5.74, 6) is -2.34. The van der Waals surface area contributed by atoms with E-state index in [1.807, 2.05) is 44.2 Å². The van der Waals surface area contributed by atoms with Gasteiger partial charge in [0.1, 0.15) is 18.1 Å². The second-order valence-corrected chi connectivity index (χ2v) is 13.3. The Bertz CT molecular complexity index is 1960. The van der Waals surface area contributed by atoms with Gasteiger partial charge < -0.3 is 30.7 Å². The molecule has 4 N–H and O–H groups in total. The molecule has 3 heterocycles. The number of nitrogens with one attached hydrogen (secondary N) is 4. The van der Waals surface area contributed by atoms with Gasteiger partial charge in [-0.2, -0.15) is 0 Å². The van der Waals surface area contributed by atoms with E-state index in [9.17, 15) is 28.8 Å². The second-order valence-electron chi connectivity index (χ2n) is 13.3. The molecule has 0 spiro atoms. The summed E-state index contributed by atoms with van der Waals surface area (Å²) in [5, 5.41) is 15.3. The van der Waals surface area contributed by atoms with Gasteiger partial charge in [-0.3, -0.25) is 33.3 Å². The van der Waals surface area contributed by atoms with Crippen molar-refractivity contribution in [2.45, 2.75) is 77.7 Å². The van der Waals surface area contributed by atoms with Crippen molar-refractivity contribution in [1.29, 1.82) is 0 Å². The third kappa shape index (κ3) is 9.89. The van der Waals surface area contributed by atoms with Crippen molar-refractivity contribution in [2.75, 3.05) is 13.1 Å². The number of hydrogen-bond donors (Lipinski definition) is 4. The Hall–Kier alpha value is -5.86. The summed E-state index contributed by atoms with van der Waals surface area (Å²) in [4.78, 5) is 85.8. The van der Waals surface area contributed by atoms with Crippen LogP contribution in [0.5, 0.6) is 0 Å². The summed E-state index contributed by atoms with van der Waals surface area (Å²) in [7, 11) is 0. The highest BCUT2D eigenvalue weighted by molar-refractivity contribution is 5.97. The first-order chi connectivity index (χ1) is 25.0. The molecule has 4 aromatic rings. The maximum absolute atomic E-state index is 13.6. The summed E-state index contributed by atoms with van der Waals surface area (Å²) in [6.45, 7) is 5.57. The van der Waals surface area contributed by atoms with Crippen LogP contribution in [-0.2, 0) is 38.7 Å². The number of nitrogens with zero attached hydrogens (tertiary/aromatic N) is 4. The van der Waals surface area contributed by atoms with Crippen molar-refractivity contribution in [2.24, 2.45) is 5.92 Å². The SMILES string of the molecule is CC(C)C[C@H]1NC(=O)[C@@H](C)NC(=O)c2cc(on2)CN(C(=O)CCCn2cnc3ccccc3c2=O)CCNC(=O)[C@@H](Cc2ccccc2)NC1=O. The molecule has 0 saturated heterocycles. The van der Waals surface area contributed by atoms with Crippen LogP contribution in [0.15, 0.2) is 76.3 Å². The van der Waals surface area contributed by atoms with E-state index in [0.717, 1.165) is 5.56 Å². The molecule has 0 radical (unpaired) electrons. The van der Waals surface area contributed by atoms with Crippen molar-refractivity contribution >= 4 is 40.4 Å². The fourth-order valence-corrected chi connectivity index (χ4v) is 5.90. The Morgan fingerprint density at radius 1 is 0.923 bits per heavy atom. The fourth-order valence-electron chi connectivity index (χ4n) is 5.90. The lowest BCUT2D eigenvalue weighted by Crippen LogP contribution is -2.57. The highest BCUT2D eigenvalue weighted by Crippen LogP contribution is 2.13. The maximum Gasteiger partial charge on any atom is 0.274 e. The molecule has 2 aromatic carbocycles. The van der Waals surface area contributed by atoms with E-state index in [0.29, 0.717) is 17.3 Å². The van der Waals surface area contributed by atoms with Crippen LogP contribution in [0.25, 0.3) is 10.9 Å². The minimum absolute atomic E-state index is 0.0162. The molecule has 0 unspecified atom stereocenters. The maximum atomic E-state index is 13.6. The van der Waals surface area contributed by atoms with E-state index < -0.39 is 41.8 Å². The molecule has 274 valence electrons. The van der Waals surface area contributed by atoms with Crippen LogP contribution < -0.4 is 26.8 Å². The van der Waals surface area contributed by atoms with Crippen molar-refractivity contribution in [3.8, 4) is 0 Å². The quantitative estimate of drug-likeness (QED) is 0.210. The second kappa shape index (κ2) is 17.4. The van der Waals surface area contributed by atoms with Gasteiger partial charge in [-0.15, -0.1) is 0 Å². The summed E-state index contributed by atoms with van der Waals surface area (Å²) >= 11 is 0. The third-order valence-corrected chi connectivity index (χ3v) is 8.69. The van der Waals surface area contributed by atoms with Gasteiger partial charge >= 0.3 is 0 Å². The van der Waals surface area contributed by atoms with E-state index in [2.05, 4.69) is 31.4 Å². The number of benzene rings is 2. The number of amides is 5. The largest absolute Gasteiger partial charge is 0.359 e. The lowest BCUT2D eigenvalue weighted by molar-refractivity contribution is -0.133. The zero-order valence-corrected chi connectivity index (χ0v) is 29.5. The predicted octanol–water partition coefficient (Wildman–Crippen LogP) is 1.70. The zero-order valence-electron chi connectivity index (χ0n) is 29.5. The first kappa shape index (κ1) is 37.4. The summed E-state index contributed by atoms with van der Waals surface area (Å²) in [6, 6.07) is 14.6. The first-order valence-electron chi connectivity index (χ1n) is 17.4. The van der Waals surface area contributed by atoms with Gasteiger partial charge in [0.05, 0.1) is 23.8 Å². The Balaban J connectivity index is 1.36. The summed E-state index contributed by atoms with van der Waals surface area (Å²) in [6.07, 6.45) is 2.32. The summed E-state index contributed by atoms with van der Waals surface area (Å²) in [5.41, 5.74) is 1.10. The Kier molecular flexibility index (Phi) is 12.5. The van der Waals surface area contributed by atoms with Crippen LogP contribution in [0, 0.1) is 5.92 Å². The normalized spacial score (nSPS) is 19.3. The Labute approximate surface area is 300 Å². The number of aryl methyl sites for hydroxylation is 1. The molecule has 0 aliphatic carbocycles. The minimum Gasteiger partial charge on any atom is -0.359 e. The van der Waals surface area contributed by atoms with Crippen molar-refractivity contribution in [3.05, 3.63) is 94.4 Å². The number of rotatable bonds is 8. The molecule has 2 bridgehead atoms. The predicted molar refractivity (Wildman–Crippen MR) is 191 cm³/mol. The van der Waals surface area contributed by atoms with E-state index in [1.165, 1.54) is 28.8 Å². The monoisotopic (exact) mass is 712 g/mol. The minimum atomic E-state index is -1.04. The first-order valence-corrected chi connectivity index (χ1v) is 17.4. The number of fused-ring (bicyclic) bond motifs is 3. The lowest BCUT2D eigenvalue weighted by Gasteiger charge is -2.26. The van der Waals surface area contributed by atoms with Crippen LogP contribution >= 0.6 is 0 Å². The molecular formula is C37H44N8O7. The molecule has 15 heteroatoms. The zero-order chi connectivity index (χ0) is 37.2. The molecule has 0 fully saturated rings. The van der Waals surface area contributed by atoms with E-state index >= 15 is 0 Å². The molecule has 5 rings (SSSR count). The van der Waals surface area contributed by atoms with Gasteiger partial charge in [-0.05, 0) is 43.4 Å². The van der Waals surface area contributed by atoms with Gasteiger partial charge in [-0.25, -0.2) is 4.98 Å². The third-order valence-electron chi connectivity index (χ3n) is 8.69. The molecule has 52 heavy (non-hydrogen) atoms. The number of hydrogen-bond acceptors (Lipinski definition) is 9. The summed E-state index contributed by atoms with van der Waals surface area (Å²) < 4.78 is 6.87. The molecule has 5 amide bonds. The molecule has 2 aromatic heterocycles. The van der Waals surface area contributed by atoms with Crippen LogP contribution in [0.3, 0.4) is 0 Å². The van der Waals surface area contributed by atoms with Crippen LogP contribution in [0.1, 0.15) is 61.8 Å². The van der Waals surface area contributed by atoms with E-state index in [4.69, 9.17) is 4.52 Å². The van der Waals surface area contributed by atoms with Gasteiger partial charge in [0.2, 0.25) is 23.6 Å². The highest BCUT2D eigenvalue weighted by atomic mass is 16.5. The number of para-hydroxylation sites is 1. The van der Waals surface area contributed by atoms with Crippen LogP contribution in [0.4, 0.5) is 0 Å². The molecule has 1 aliphatic heterocycles. The van der Waals surface area contributed by atoms with Crippen molar-refractivity contribution in [1.82, 2.24) is 40.9 Å². The Morgan fingerprint density at radius 2 is 1.65 bits per heavy atom. The van der Waals surface area contributed by atoms with Crippen molar-refractivity contribution < 1.29 is 28.5 Å². The Morgan fingerprint density at radius 3 is 2.42 bits per heavy atom. The number of carbonyl (C=O) groups is 5. The standard InChI is InChI=1S/C37H44N8O7/c1-23(2)18-29-35(49)42-30(19-25-10-5-4-6-11-25)34(48)38-15-17-44(21-26-20-31(43-52-26)36(50)40-24(3)33(47)41-29)32(46)14-9-16-45-22-39-28-13-8-7-12-27(28)37(45)51/h4-8,10-13,20,22-24,29-30H,9,14-19,21H2,1-3H3,(H,38,48)(H,40,50)(H,41,47)(H,42,49)/t24-,29-,30-/m1/s1. The topological polar surface area (TPSA) is 198 Å². The molecule has 1 aliphatic rings.